The van der Waals surface area contributed by atoms with E-state index in [0.717, 1.165) is 48.2 Å². The predicted molar refractivity (Wildman–Crippen MR) is 126 cm³/mol. The van der Waals surface area contributed by atoms with Gasteiger partial charge in [0.05, 0.1) is 11.4 Å². The number of rotatable bonds is 3. The summed E-state index contributed by atoms with van der Waals surface area (Å²) in [6.07, 6.45) is 4.92. The molecular weight excluding hydrogens is 492 g/mol. The number of nitrogens with one attached hydrogen (secondary N) is 1. The van der Waals surface area contributed by atoms with Crippen molar-refractivity contribution in [3.05, 3.63) is 98.6 Å². The number of hydrogen-bond acceptors (Lipinski definition) is 3. The van der Waals surface area contributed by atoms with Crippen LogP contribution in [-0.2, 0) is 5.54 Å². The number of hydrogen-bond donors (Lipinski definition) is 2. The van der Waals surface area contributed by atoms with Gasteiger partial charge in [0, 0.05) is 19.9 Å². The maximum absolute atomic E-state index is 6.98. The Balaban J connectivity index is 1.69. The third-order valence-electron chi connectivity index (χ3n) is 5.38. The fourth-order valence-electron chi connectivity index (χ4n) is 3.95. The number of furan rings is 1. The van der Waals surface area contributed by atoms with Gasteiger partial charge >= 0.3 is 0 Å². The van der Waals surface area contributed by atoms with Crippen molar-refractivity contribution in [1.29, 1.82) is 0 Å². The minimum absolute atomic E-state index is 0.676. The van der Waals surface area contributed by atoms with Crippen LogP contribution in [0.2, 0.25) is 0 Å². The highest BCUT2D eigenvalue weighted by atomic mass is 79.9. The molecule has 0 spiro atoms. The van der Waals surface area contributed by atoms with E-state index in [1.807, 2.05) is 54.6 Å². The quantitative estimate of drug-likeness (QED) is 0.304. The van der Waals surface area contributed by atoms with Crippen molar-refractivity contribution >= 4 is 60.3 Å². The molecule has 5 heteroatoms. The van der Waals surface area contributed by atoms with E-state index in [1.165, 1.54) is 0 Å². The van der Waals surface area contributed by atoms with Crippen molar-refractivity contribution in [1.82, 2.24) is 0 Å². The lowest BCUT2D eigenvalue weighted by atomic mass is 9.80. The van der Waals surface area contributed by atoms with Crippen molar-refractivity contribution in [2.24, 2.45) is 5.73 Å². The molecule has 1 heterocycles. The van der Waals surface area contributed by atoms with Crippen molar-refractivity contribution in [3.8, 4) is 0 Å². The zero-order chi connectivity index (χ0) is 20.0. The average molecular weight is 510 g/mol. The second-order valence-corrected chi connectivity index (χ2v) is 8.90. The minimum Gasteiger partial charge on any atom is -0.456 e. The van der Waals surface area contributed by atoms with Gasteiger partial charge in [0.2, 0.25) is 0 Å². The molecule has 0 aliphatic heterocycles. The van der Waals surface area contributed by atoms with Gasteiger partial charge in [-0.15, -0.1) is 0 Å². The molecule has 144 valence electrons. The molecule has 0 amide bonds. The first-order valence-electron chi connectivity index (χ1n) is 9.36. The van der Waals surface area contributed by atoms with Gasteiger partial charge in [0.25, 0.3) is 0 Å². The SMILES string of the molecule is NC1(c2ccccc2Br)CC=Cc2c1oc1c(Nc3ccccc3Br)cccc21. The lowest BCUT2D eigenvalue weighted by Gasteiger charge is -2.30. The van der Waals surface area contributed by atoms with Crippen LogP contribution in [0.1, 0.15) is 23.3 Å². The highest BCUT2D eigenvalue weighted by molar-refractivity contribution is 9.10. The highest BCUT2D eigenvalue weighted by Crippen LogP contribution is 2.45. The molecule has 29 heavy (non-hydrogen) atoms. The number of fused-ring (bicyclic) bond motifs is 3. The molecule has 0 radical (unpaired) electrons. The maximum atomic E-state index is 6.98. The van der Waals surface area contributed by atoms with E-state index in [-0.39, 0.29) is 0 Å². The van der Waals surface area contributed by atoms with Crippen LogP contribution in [0.15, 0.2) is 86.2 Å². The molecule has 0 fully saturated rings. The Hall–Kier alpha value is -2.34. The summed E-state index contributed by atoms with van der Waals surface area (Å²) >= 11 is 7.27. The summed E-state index contributed by atoms with van der Waals surface area (Å²) in [5.41, 5.74) is 11.0. The third-order valence-corrected chi connectivity index (χ3v) is 6.76. The first-order chi connectivity index (χ1) is 14.1. The van der Waals surface area contributed by atoms with Crippen molar-refractivity contribution in [2.45, 2.75) is 12.0 Å². The highest BCUT2D eigenvalue weighted by Gasteiger charge is 2.38. The van der Waals surface area contributed by atoms with Gasteiger partial charge in [-0.2, -0.15) is 0 Å². The topological polar surface area (TPSA) is 51.2 Å². The Labute approximate surface area is 185 Å². The molecule has 3 nitrogen and oxygen atoms in total. The molecule has 1 aromatic heterocycles. The van der Waals surface area contributed by atoms with Crippen LogP contribution in [0.3, 0.4) is 0 Å². The van der Waals surface area contributed by atoms with E-state index in [1.54, 1.807) is 0 Å². The zero-order valence-electron chi connectivity index (χ0n) is 15.5. The smallest absolute Gasteiger partial charge is 0.158 e. The fourth-order valence-corrected chi connectivity index (χ4v) is 4.97. The van der Waals surface area contributed by atoms with Crippen LogP contribution in [0.4, 0.5) is 11.4 Å². The summed E-state index contributed by atoms with van der Waals surface area (Å²) in [6.45, 7) is 0. The molecule has 0 saturated heterocycles. The van der Waals surface area contributed by atoms with E-state index in [0.29, 0.717) is 6.42 Å². The summed E-state index contributed by atoms with van der Waals surface area (Å²) in [4.78, 5) is 0. The van der Waals surface area contributed by atoms with Crippen molar-refractivity contribution in [3.63, 3.8) is 0 Å². The van der Waals surface area contributed by atoms with Crippen molar-refractivity contribution < 1.29 is 4.42 Å². The molecule has 4 aromatic rings. The zero-order valence-corrected chi connectivity index (χ0v) is 18.6. The Bertz CT molecular complexity index is 1260. The Kier molecular flexibility index (Phi) is 4.62. The maximum Gasteiger partial charge on any atom is 0.158 e. The van der Waals surface area contributed by atoms with Gasteiger partial charge in [0.1, 0.15) is 11.3 Å². The van der Waals surface area contributed by atoms with Gasteiger partial charge in [0.15, 0.2) is 5.58 Å². The lowest BCUT2D eigenvalue weighted by molar-refractivity contribution is 0.408. The van der Waals surface area contributed by atoms with Crippen molar-refractivity contribution in [2.75, 3.05) is 5.32 Å². The molecule has 5 rings (SSSR count). The fraction of sp³-hybridized carbons (Fsp3) is 0.0833. The summed E-state index contributed by atoms with van der Waals surface area (Å²) in [6, 6.07) is 22.3. The Morgan fingerprint density at radius 1 is 0.862 bits per heavy atom. The second kappa shape index (κ2) is 7.17. The normalized spacial score (nSPS) is 18.0. The summed E-state index contributed by atoms with van der Waals surface area (Å²) < 4.78 is 8.46. The van der Waals surface area contributed by atoms with E-state index in [4.69, 9.17) is 10.2 Å². The molecule has 1 atom stereocenters. The lowest BCUT2D eigenvalue weighted by Crippen LogP contribution is -2.39. The molecule has 1 aliphatic rings. The standard InChI is InChI=1S/C24H18Br2N2O/c25-18-10-2-1-9-17(18)24(27)14-6-8-16-15-7-5-13-21(22(15)29-23(16)24)28-20-12-4-3-11-19(20)26/h1-13,28H,14,27H2. The molecule has 0 saturated carbocycles. The van der Waals surface area contributed by atoms with Crippen LogP contribution in [0.5, 0.6) is 0 Å². The number of anilines is 2. The molecular formula is C24H18Br2N2O. The van der Waals surface area contributed by atoms with E-state index in [2.05, 4.69) is 61.5 Å². The Morgan fingerprint density at radius 3 is 2.38 bits per heavy atom. The van der Waals surface area contributed by atoms with Crippen LogP contribution in [-0.4, -0.2) is 0 Å². The van der Waals surface area contributed by atoms with Gasteiger partial charge in [-0.3, -0.25) is 0 Å². The van der Waals surface area contributed by atoms with Crippen LogP contribution < -0.4 is 11.1 Å². The second-order valence-electron chi connectivity index (χ2n) is 7.19. The van der Waals surface area contributed by atoms with Crippen LogP contribution >= 0.6 is 31.9 Å². The summed E-state index contributed by atoms with van der Waals surface area (Å²) in [7, 11) is 0. The van der Waals surface area contributed by atoms with Crippen LogP contribution in [0.25, 0.3) is 17.0 Å². The largest absolute Gasteiger partial charge is 0.456 e. The minimum atomic E-state index is -0.728. The average Bonchev–Trinajstić information content (AvgIpc) is 3.12. The third kappa shape index (κ3) is 3.05. The summed E-state index contributed by atoms with van der Waals surface area (Å²) in [5, 5.41) is 4.54. The number of para-hydroxylation sites is 2. The molecule has 1 aliphatic carbocycles. The van der Waals surface area contributed by atoms with Gasteiger partial charge in [-0.1, -0.05) is 70.5 Å². The van der Waals surface area contributed by atoms with E-state index >= 15 is 0 Å². The first-order valence-corrected chi connectivity index (χ1v) is 10.9. The molecule has 3 aromatic carbocycles. The molecule has 3 N–H and O–H groups in total. The first kappa shape index (κ1) is 18.7. The van der Waals surface area contributed by atoms with Gasteiger partial charge in [-0.25, -0.2) is 0 Å². The Morgan fingerprint density at radius 2 is 1.59 bits per heavy atom. The number of nitrogens with two attached hydrogens (primary N) is 1. The van der Waals surface area contributed by atoms with E-state index in [9.17, 15) is 0 Å². The summed E-state index contributed by atoms with van der Waals surface area (Å²) in [5.74, 6) is 0.795. The predicted octanol–water partition coefficient (Wildman–Crippen LogP) is 7.32. The number of halogens is 2. The molecule has 1 unspecified atom stereocenters. The van der Waals surface area contributed by atoms with E-state index < -0.39 is 5.54 Å². The van der Waals surface area contributed by atoms with Gasteiger partial charge < -0.3 is 15.5 Å². The molecule has 0 bridgehead atoms. The van der Waals surface area contributed by atoms with Crippen LogP contribution in [0, 0.1) is 0 Å². The van der Waals surface area contributed by atoms with Gasteiger partial charge in [-0.05, 0) is 52.2 Å². The number of benzene rings is 3. The monoisotopic (exact) mass is 508 g/mol.